The van der Waals surface area contributed by atoms with E-state index in [0.29, 0.717) is 30.0 Å². The fraction of sp³-hybridized carbons (Fsp3) is 0.304. The monoisotopic (exact) mass is 473 g/mol. The number of alkyl halides is 2. The maximum atomic E-state index is 13.5. The van der Waals surface area contributed by atoms with E-state index in [1.54, 1.807) is 20.0 Å². The van der Waals surface area contributed by atoms with Crippen LogP contribution in [0.5, 0.6) is 5.88 Å². The van der Waals surface area contributed by atoms with Crippen molar-refractivity contribution < 1.29 is 27.4 Å². The van der Waals surface area contributed by atoms with E-state index in [2.05, 4.69) is 15.0 Å². The number of anilines is 1. The number of rotatable bonds is 7. The summed E-state index contributed by atoms with van der Waals surface area (Å²) in [6.07, 6.45) is -2.81. The summed E-state index contributed by atoms with van der Waals surface area (Å²) in [4.78, 5) is 26.4. The first kappa shape index (κ1) is 23.4. The number of pyridine rings is 1. The van der Waals surface area contributed by atoms with Crippen molar-refractivity contribution in [2.75, 3.05) is 32.6 Å². The van der Waals surface area contributed by atoms with Crippen molar-refractivity contribution >= 4 is 11.9 Å². The van der Waals surface area contributed by atoms with Crippen LogP contribution in [0.2, 0.25) is 0 Å². The first-order valence-electron chi connectivity index (χ1n) is 10.4. The molecule has 0 unspecified atom stereocenters. The van der Waals surface area contributed by atoms with Gasteiger partial charge < -0.3 is 20.1 Å². The van der Waals surface area contributed by atoms with Crippen LogP contribution in [0.15, 0.2) is 36.4 Å². The van der Waals surface area contributed by atoms with Gasteiger partial charge in [-0.05, 0) is 48.9 Å². The van der Waals surface area contributed by atoms with Gasteiger partial charge in [-0.15, -0.1) is 0 Å². The molecule has 1 fully saturated rings. The molecule has 0 radical (unpaired) electrons. The van der Waals surface area contributed by atoms with Crippen molar-refractivity contribution in [1.82, 2.24) is 19.9 Å². The molecule has 0 spiro atoms. The van der Waals surface area contributed by atoms with Crippen molar-refractivity contribution in [1.29, 1.82) is 0 Å². The van der Waals surface area contributed by atoms with Crippen LogP contribution in [0.25, 0.3) is 22.4 Å². The number of nitrogens with two attached hydrogens (primary N) is 1. The number of nitrogen functional groups attached to an aromatic ring is 1. The second-order valence-electron chi connectivity index (χ2n) is 7.82. The zero-order valence-corrected chi connectivity index (χ0v) is 18.5. The Labute approximate surface area is 193 Å². The van der Waals surface area contributed by atoms with Crippen LogP contribution >= 0.6 is 0 Å². The molecule has 4 rings (SSSR count). The number of amides is 1. The number of carbonyl (C=O) groups excluding carboxylic acids is 1. The minimum absolute atomic E-state index is 0.0442. The SMILES string of the molecule is Cc1cc(-c2c(OCC(=O)N(C)C3COC3)nc(N)nc2-c2ccc(F)cc2)cc(C(F)F)n1. The largest absolute Gasteiger partial charge is 0.467 e. The second-order valence-corrected chi connectivity index (χ2v) is 7.82. The number of ether oxygens (including phenoxy) is 2. The highest BCUT2D eigenvalue weighted by Crippen LogP contribution is 2.39. The van der Waals surface area contributed by atoms with E-state index in [-0.39, 0.29) is 41.6 Å². The van der Waals surface area contributed by atoms with E-state index in [9.17, 15) is 18.0 Å². The van der Waals surface area contributed by atoms with Gasteiger partial charge in [-0.3, -0.25) is 9.78 Å². The topological polar surface area (TPSA) is 103 Å². The molecule has 8 nitrogen and oxygen atoms in total. The lowest BCUT2D eigenvalue weighted by Crippen LogP contribution is -2.50. The molecule has 2 aromatic heterocycles. The molecule has 34 heavy (non-hydrogen) atoms. The number of benzene rings is 1. The predicted octanol–water partition coefficient (Wildman–Crippen LogP) is 3.41. The Balaban J connectivity index is 1.80. The Morgan fingerprint density at radius 1 is 1.18 bits per heavy atom. The van der Waals surface area contributed by atoms with Gasteiger partial charge in [0.05, 0.1) is 30.5 Å². The van der Waals surface area contributed by atoms with Crippen molar-refractivity contribution in [3.63, 3.8) is 0 Å². The molecule has 1 saturated heterocycles. The molecule has 0 saturated carbocycles. The first-order valence-corrected chi connectivity index (χ1v) is 10.4. The Morgan fingerprint density at radius 2 is 1.88 bits per heavy atom. The van der Waals surface area contributed by atoms with E-state index in [1.165, 1.54) is 35.2 Å². The summed E-state index contributed by atoms with van der Waals surface area (Å²) in [5, 5.41) is 0. The van der Waals surface area contributed by atoms with Crippen molar-refractivity contribution in [2.45, 2.75) is 19.4 Å². The predicted molar refractivity (Wildman–Crippen MR) is 118 cm³/mol. The highest BCUT2D eigenvalue weighted by atomic mass is 19.3. The number of nitrogens with zero attached hydrogens (tertiary/aromatic N) is 4. The van der Waals surface area contributed by atoms with Crippen LogP contribution < -0.4 is 10.5 Å². The van der Waals surface area contributed by atoms with Crippen LogP contribution in [0.3, 0.4) is 0 Å². The first-order chi connectivity index (χ1) is 16.2. The number of carbonyl (C=O) groups is 1. The molecule has 1 amide bonds. The van der Waals surface area contributed by atoms with Crippen LogP contribution in [0.1, 0.15) is 17.8 Å². The van der Waals surface area contributed by atoms with Crippen LogP contribution in [-0.4, -0.2) is 58.7 Å². The van der Waals surface area contributed by atoms with E-state index in [0.717, 1.165) is 0 Å². The van der Waals surface area contributed by atoms with Gasteiger partial charge in [-0.1, -0.05) is 0 Å². The summed E-state index contributed by atoms with van der Waals surface area (Å²) in [7, 11) is 1.64. The number of aryl methyl sites for hydroxylation is 1. The normalized spacial score (nSPS) is 13.6. The maximum absolute atomic E-state index is 13.5. The van der Waals surface area contributed by atoms with E-state index < -0.39 is 17.9 Å². The standard InChI is InChI=1S/C23H22F3N5O3/c1-12-7-14(8-17(28-12)21(25)26)19-20(13-3-5-15(24)6-4-13)29-23(27)30-22(19)34-11-18(32)31(2)16-9-33-10-16/h3-8,16,21H,9-11H2,1-2H3,(H2,27,29,30). The lowest BCUT2D eigenvalue weighted by Gasteiger charge is -2.34. The van der Waals surface area contributed by atoms with Gasteiger partial charge in [0.2, 0.25) is 11.8 Å². The number of likely N-dealkylation sites (N-methyl/N-ethyl adjacent to an activating group) is 1. The van der Waals surface area contributed by atoms with Gasteiger partial charge in [-0.25, -0.2) is 18.2 Å². The molecule has 3 aromatic rings. The molecule has 3 heterocycles. The quantitative estimate of drug-likeness (QED) is 0.561. The van der Waals surface area contributed by atoms with E-state index in [1.807, 2.05) is 0 Å². The van der Waals surface area contributed by atoms with Gasteiger partial charge in [0.25, 0.3) is 12.3 Å². The smallest absolute Gasteiger partial charge is 0.280 e. The fourth-order valence-corrected chi connectivity index (χ4v) is 3.47. The van der Waals surface area contributed by atoms with Crippen LogP contribution in [0.4, 0.5) is 19.1 Å². The molecule has 1 aliphatic heterocycles. The minimum Gasteiger partial charge on any atom is -0.467 e. The molecular formula is C23H22F3N5O3. The molecule has 178 valence electrons. The second kappa shape index (κ2) is 9.64. The summed E-state index contributed by atoms with van der Waals surface area (Å²) in [6.45, 7) is 2.08. The Morgan fingerprint density at radius 3 is 2.50 bits per heavy atom. The van der Waals surface area contributed by atoms with Crippen molar-refractivity contribution in [2.24, 2.45) is 0 Å². The third-order valence-corrected chi connectivity index (χ3v) is 5.39. The fourth-order valence-electron chi connectivity index (χ4n) is 3.47. The summed E-state index contributed by atoms with van der Waals surface area (Å²) in [6, 6.07) is 8.15. The Bertz CT molecular complexity index is 1200. The molecule has 1 aliphatic rings. The zero-order chi connectivity index (χ0) is 24.4. The molecule has 0 atom stereocenters. The minimum atomic E-state index is -2.81. The maximum Gasteiger partial charge on any atom is 0.280 e. The summed E-state index contributed by atoms with van der Waals surface area (Å²) in [5.41, 5.74) is 7.02. The summed E-state index contributed by atoms with van der Waals surface area (Å²) < 4.78 is 51.4. The number of halogens is 3. The Kier molecular flexibility index (Phi) is 6.64. The Hall–Kier alpha value is -3.73. The van der Waals surface area contributed by atoms with Crippen molar-refractivity contribution in [3.05, 3.63) is 53.6 Å². The molecule has 11 heteroatoms. The van der Waals surface area contributed by atoms with Gasteiger partial charge >= 0.3 is 0 Å². The van der Waals surface area contributed by atoms with Crippen LogP contribution in [0, 0.1) is 12.7 Å². The highest BCUT2D eigenvalue weighted by molar-refractivity contribution is 5.85. The molecule has 0 aliphatic carbocycles. The zero-order valence-electron chi connectivity index (χ0n) is 18.5. The highest BCUT2D eigenvalue weighted by Gasteiger charge is 2.28. The lowest BCUT2D eigenvalue weighted by molar-refractivity contribution is -0.143. The van der Waals surface area contributed by atoms with Gasteiger partial charge in [0.1, 0.15) is 11.5 Å². The average Bonchev–Trinajstić information content (AvgIpc) is 2.75. The number of hydrogen-bond acceptors (Lipinski definition) is 7. The van der Waals surface area contributed by atoms with E-state index >= 15 is 0 Å². The van der Waals surface area contributed by atoms with Gasteiger partial charge in [-0.2, -0.15) is 4.98 Å². The van der Waals surface area contributed by atoms with Gasteiger partial charge in [0, 0.05) is 18.3 Å². The lowest BCUT2D eigenvalue weighted by atomic mass is 9.99. The van der Waals surface area contributed by atoms with Crippen molar-refractivity contribution in [3.8, 4) is 28.3 Å². The van der Waals surface area contributed by atoms with E-state index in [4.69, 9.17) is 15.2 Å². The molecule has 2 N–H and O–H groups in total. The third kappa shape index (κ3) is 4.93. The summed E-state index contributed by atoms with van der Waals surface area (Å²) in [5.74, 6) is -1.01. The number of aromatic nitrogens is 3. The average molecular weight is 473 g/mol. The van der Waals surface area contributed by atoms with Crippen LogP contribution in [-0.2, 0) is 9.53 Å². The molecule has 1 aromatic carbocycles. The number of hydrogen-bond donors (Lipinski definition) is 1. The third-order valence-electron chi connectivity index (χ3n) is 5.39. The molecule has 0 bridgehead atoms. The van der Waals surface area contributed by atoms with Gasteiger partial charge in [0.15, 0.2) is 6.61 Å². The molecular weight excluding hydrogens is 451 g/mol. The summed E-state index contributed by atoms with van der Waals surface area (Å²) >= 11 is 0.